The fourth-order valence-electron chi connectivity index (χ4n) is 2.30. The van der Waals surface area contributed by atoms with E-state index in [2.05, 4.69) is 11.8 Å². The Morgan fingerprint density at radius 3 is 3.16 bits per heavy atom. The Kier molecular flexibility index (Phi) is 5.51. The first-order valence-electron chi connectivity index (χ1n) is 6.74. The zero-order valence-corrected chi connectivity index (χ0v) is 12.1. The molecule has 2 atom stereocenters. The van der Waals surface area contributed by atoms with E-state index in [0.29, 0.717) is 19.1 Å². The molecule has 1 N–H and O–H groups in total. The van der Waals surface area contributed by atoms with Gasteiger partial charge in [0.05, 0.1) is 24.2 Å². The van der Waals surface area contributed by atoms with Crippen LogP contribution >= 0.6 is 11.3 Å². The van der Waals surface area contributed by atoms with Crippen molar-refractivity contribution in [2.75, 3.05) is 26.3 Å². The lowest BCUT2D eigenvalue weighted by molar-refractivity contribution is -0.0778. The van der Waals surface area contributed by atoms with Gasteiger partial charge in [-0.25, -0.2) is 0 Å². The van der Waals surface area contributed by atoms with E-state index < -0.39 is 0 Å². The predicted molar refractivity (Wildman–Crippen MR) is 75.7 cm³/mol. The van der Waals surface area contributed by atoms with E-state index in [0.717, 1.165) is 24.4 Å². The van der Waals surface area contributed by atoms with Gasteiger partial charge in [0.1, 0.15) is 0 Å². The highest BCUT2D eigenvalue weighted by Crippen LogP contribution is 2.15. The van der Waals surface area contributed by atoms with Crippen LogP contribution in [0.3, 0.4) is 0 Å². The normalized spacial score (nSPS) is 24.5. The van der Waals surface area contributed by atoms with Crippen molar-refractivity contribution in [3.05, 3.63) is 22.4 Å². The number of nitrogens with zero attached hydrogens (tertiary/aromatic N) is 1. The van der Waals surface area contributed by atoms with E-state index in [-0.39, 0.29) is 18.5 Å². The molecule has 1 saturated heterocycles. The fourth-order valence-corrected chi connectivity index (χ4v) is 2.99. The molecule has 0 saturated carbocycles. The van der Waals surface area contributed by atoms with Crippen LogP contribution in [0.2, 0.25) is 0 Å². The van der Waals surface area contributed by atoms with E-state index in [1.54, 1.807) is 0 Å². The van der Waals surface area contributed by atoms with Crippen LogP contribution < -0.4 is 0 Å². The SMILES string of the molecule is CC1COC(CO)CN1CCCC(=O)c1cccs1. The molecule has 0 aliphatic carbocycles. The van der Waals surface area contributed by atoms with Gasteiger partial charge in [-0.15, -0.1) is 11.3 Å². The van der Waals surface area contributed by atoms with Gasteiger partial charge >= 0.3 is 0 Å². The van der Waals surface area contributed by atoms with Gasteiger partial charge in [-0.1, -0.05) is 6.07 Å². The second kappa shape index (κ2) is 7.14. The summed E-state index contributed by atoms with van der Waals surface area (Å²) in [6.45, 7) is 4.49. The molecule has 1 aliphatic rings. The summed E-state index contributed by atoms with van der Waals surface area (Å²) < 4.78 is 5.50. The summed E-state index contributed by atoms with van der Waals surface area (Å²) in [7, 11) is 0. The predicted octanol–water partition coefficient (Wildman–Crippen LogP) is 1.79. The highest BCUT2D eigenvalue weighted by atomic mass is 32.1. The smallest absolute Gasteiger partial charge is 0.172 e. The van der Waals surface area contributed by atoms with Crippen molar-refractivity contribution in [1.29, 1.82) is 0 Å². The molecular formula is C14H21NO3S. The minimum atomic E-state index is -0.0794. The monoisotopic (exact) mass is 283 g/mol. The third-order valence-corrected chi connectivity index (χ3v) is 4.39. The van der Waals surface area contributed by atoms with Gasteiger partial charge in [0.25, 0.3) is 0 Å². The summed E-state index contributed by atoms with van der Waals surface area (Å²) in [4.78, 5) is 15.0. The van der Waals surface area contributed by atoms with Crippen LogP contribution in [0, 0.1) is 0 Å². The molecule has 1 aromatic rings. The molecule has 1 fully saturated rings. The van der Waals surface area contributed by atoms with Crippen LogP contribution in [0.25, 0.3) is 0 Å². The number of aliphatic hydroxyl groups is 1. The summed E-state index contributed by atoms with van der Waals surface area (Å²) in [6, 6.07) is 4.15. The minimum absolute atomic E-state index is 0.0668. The Labute approximate surface area is 118 Å². The van der Waals surface area contributed by atoms with Gasteiger partial charge < -0.3 is 9.84 Å². The van der Waals surface area contributed by atoms with Gasteiger partial charge in [0, 0.05) is 19.0 Å². The first-order valence-corrected chi connectivity index (χ1v) is 7.62. The van der Waals surface area contributed by atoms with Crippen LogP contribution in [-0.2, 0) is 4.74 Å². The maximum absolute atomic E-state index is 11.9. The van der Waals surface area contributed by atoms with Crippen molar-refractivity contribution in [1.82, 2.24) is 4.90 Å². The molecule has 0 spiro atoms. The summed E-state index contributed by atoms with van der Waals surface area (Å²) in [5, 5.41) is 11.1. The van der Waals surface area contributed by atoms with Crippen LogP contribution in [0.4, 0.5) is 0 Å². The average Bonchev–Trinajstić information content (AvgIpc) is 2.95. The van der Waals surface area contributed by atoms with Gasteiger partial charge in [0.2, 0.25) is 0 Å². The lowest BCUT2D eigenvalue weighted by Crippen LogP contribution is -2.49. The Morgan fingerprint density at radius 1 is 1.63 bits per heavy atom. The van der Waals surface area contributed by atoms with Crippen LogP contribution in [0.15, 0.2) is 17.5 Å². The molecule has 1 aliphatic heterocycles. The quantitative estimate of drug-likeness (QED) is 0.809. The first-order chi connectivity index (χ1) is 9.20. The molecule has 0 bridgehead atoms. The van der Waals surface area contributed by atoms with Crippen LogP contribution in [-0.4, -0.2) is 54.2 Å². The molecule has 2 unspecified atom stereocenters. The topological polar surface area (TPSA) is 49.8 Å². The maximum Gasteiger partial charge on any atom is 0.172 e. The third kappa shape index (κ3) is 4.11. The van der Waals surface area contributed by atoms with Gasteiger partial charge in [0.15, 0.2) is 5.78 Å². The second-order valence-electron chi connectivity index (χ2n) is 4.99. The van der Waals surface area contributed by atoms with Crippen molar-refractivity contribution in [2.24, 2.45) is 0 Å². The second-order valence-corrected chi connectivity index (χ2v) is 5.93. The zero-order valence-electron chi connectivity index (χ0n) is 11.2. The summed E-state index contributed by atoms with van der Waals surface area (Å²) in [5.41, 5.74) is 0. The maximum atomic E-state index is 11.9. The first kappa shape index (κ1) is 14.7. The number of hydrogen-bond donors (Lipinski definition) is 1. The fraction of sp³-hybridized carbons (Fsp3) is 0.643. The number of thiophene rings is 1. The molecule has 0 amide bonds. The number of rotatable bonds is 6. The Balaban J connectivity index is 1.74. The number of ketones is 1. The van der Waals surface area contributed by atoms with Crippen LogP contribution in [0.1, 0.15) is 29.4 Å². The number of aliphatic hydroxyl groups excluding tert-OH is 1. The van der Waals surface area contributed by atoms with E-state index in [4.69, 9.17) is 9.84 Å². The Bertz CT molecular complexity index is 393. The molecule has 5 heteroatoms. The highest BCUT2D eigenvalue weighted by molar-refractivity contribution is 7.12. The summed E-state index contributed by atoms with van der Waals surface area (Å²) in [6.07, 6.45) is 1.37. The Hall–Kier alpha value is -0.750. The number of hydrogen-bond acceptors (Lipinski definition) is 5. The molecule has 19 heavy (non-hydrogen) atoms. The minimum Gasteiger partial charge on any atom is -0.394 e. The summed E-state index contributed by atoms with van der Waals surface area (Å²) in [5.74, 6) is 0.231. The molecule has 106 valence electrons. The van der Waals surface area contributed by atoms with E-state index >= 15 is 0 Å². The van der Waals surface area contributed by atoms with E-state index in [1.807, 2.05) is 17.5 Å². The van der Waals surface area contributed by atoms with Crippen molar-refractivity contribution in [3.63, 3.8) is 0 Å². The number of carbonyl (C=O) groups is 1. The zero-order chi connectivity index (χ0) is 13.7. The van der Waals surface area contributed by atoms with Gasteiger partial charge in [-0.3, -0.25) is 9.69 Å². The highest BCUT2D eigenvalue weighted by Gasteiger charge is 2.25. The Morgan fingerprint density at radius 2 is 2.47 bits per heavy atom. The van der Waals surface area contributed by atoms with E-state index in [1.165, 1.54) is 11.3 Å². The number of morpholine rings is 1. The number of ether oxygens (including phenoxy) is 1. The third-order valence-electron chi connectivity index (χ3n) is 3.48. The molecule has 2 rings (SSSR count). The number of carbonyl (C=O) groups excluding carboxylic acids is 1. The lowest BCUT2D eigenvalue weighted by atomic mass is 10.1. The van der Waals surface area contributed by atoms with Crippen molar-refractivity contribution < 1.29 is 14.6 Å². The van der Waals surface area contributed by atoms with Gasteiger partial charge in [-0.2, -0.15) is 0 Å². The summed E-state index contributed by atoms with van der Waals surface area (Å²) >= 11 is 1.51. The van der Waals surface area contributed by atoms with Crippen molar-refractivity contribution in [2.45, 2.75) is 31.9 Å². The molecule has 2 heterocycles. The number of Topliss-reactive ketones (excluding diaryl/α,β-unsaturated/α-hetero) is 1. The lowest BCUT2D eigenvalue weighted by Gasteiger charge is -2.37. The molecule has 0 aromatic carbocycles. The van der Waals surface area contributed by atoms with Crippen molar-refractivity contribution >= 4 is 17.1 Å². The molecule has 0 radical (unpaired) electrons. The molecule has 1 aromatic heterocycles. The standard InChI is InChI=1S/C14H21NO3S/c1-11-10-18-12(9-16)8-15(11)6-2-4-13(17)14-5-3-7-19-14/h3,5,7,11-12,16H,2,4,6,8-10H2,1H3. The van der Waals surface area contributed by atoms with E-state index in [9.17, 15) is 4.79 Å². The average molecular weight is 283 g/mol. The molecular weight excluding hydrogens is 262 g/mol. The van der Waals surface area contributed by atoms with Crippen LogP contribution in [0.5, 0.6) is 0 Å². The van der Waals surface area contributed by atoms with Crippen molar-refractivity contribution in [3.8, 4) is 0 Å². The molecule has 4 nitrogen and oxygen atoms in total. The van der Waals surface area contributed by atoms with Gasteiger partial charge in [-0.05, 0) is 31.3 Å². The largest absolute Gasteiger partial charge is 0.394 e.